The lowest BCUT2D eigenvalue weighted by atomic mass is 9.89. The Morgan fingerprint density at radius 3 is 2.71 bits per heavy atom. The number of oxime groups is 1. The van der Waals surface area contributed by atoms with Crippen LogP contribution in [0.1, 0.15) is 43.2 Å². The topological polar surface area (TPSA) is 61.8 Å². The van der Waals surface area contributed by atoms with Crippen LogP contribution >= 0.6 is 0 Å². The van der Waals surface area contributed by atoms with Crippen LogP contribution in [-0.2, 0) is 6.54 Å². The molecule has 1 aliphatic rings. The van der Waals surface area contributed by atoms with Gasteiger partial charge in [0.05, 0.1) is 0 Å². The zero-order valence-corrected chi connectivity index (χ0v) is 12.6. The van der Waals surface area contributed by atoms with Crippen LogP contribution in [0.5, 0.6) is 0 Å². The van der Waals surface area contributed by atoms with Crippen molar-refractivity contribution in [2.24, 2.45) is 16.8 Å². The average Bonchev–Trinajstić information content (AvgIpc) is 2.46. The van der Waals surface area contributed by atoms with Gasteiger partial charge in [-0.25, -0.2) is 4.39 Å². The fraction of sp³-hybridized carbons (Fsp3) is 0.562. The van der Waals surface area contributed by atoms with Crippen LogP contribution in [0.3, 0.4) is 0 Å². The Balaban J connectivity index is 1.99. The van der Waals surface area contributed by atoms with E-state index in [-0.39, 0.29) is 11.7 Å². The Bertz CT molecular complexity index is 498. The van der Waals surface area contributed by atoms with Gasteiger partial charge in [-0.3, -0.25) is 0 Å². The summed E-state index contributed by atoms with van der Waals surface area (Å²) in [5.74, 6) is 0.326. The molecule has 2 rings (SSSR count). The maximum atomic E-state index is 13.6. The summed E-state index contributed by atoms with van der Waals surface area (Å²) < 4.78 is 13.6. The first kappa shape index (κ1) is 15.8. The number of hydrogen-bond acceptors (Lipinski definition) is 3. The molecule has 1 fully saturated rings. The summed E-state index contributed by atoms with van der Waals surface area (Å²) in [5, 5.41) is 11.6. The number of rotatable bonds is 5. The van der Waals surface area contributed by atoms with Crippen molar-refractivity contribution in [2.75, 3.05) is 13.6 Å². The quantitative estimate of drug-likeness (QED) is 0.380. The predicted molar refractivity (Wildman–Crippen MR) is 81.8 cm³/mol. The zero-order chi connectivity index (χ0) is 15.2. The number of nitrogens with zero attached hydrogens (tertiary/aromatic N) is 2. The monoisotopic (exact) mass is 293 g/mol. The number of benzene rings is 1. The fourth-order valence-electron chi connectivity index (χ4n) is 3.13. The third-order valence-corrected chi connectivity index (χ3v) is 4.11. The largest absolute Gasteiger partial charge is 0.409 e. The summed E-state index contributed by atoms with van der Waals surface area (Å²) in [5.41, 5.74) is 6.79. The fourth-order valence-corrected chi connectivity index (χ4v) is 3.13. The summed E-state index contributed by atoms with van der Waals surface area (Å²) in [6, 6.07) is 4.56. The van der Waals surface area contributed by atoms with Crippen molar-refractivity contribution in [3.05, 3.63) is 35.1 Å². The van der Waals surface area contributed by atoms with E-state index in [1.54, 1.807) is 6.07 Å². The maximum Gasteiger partial charge on any atom is 0.170 e. The molecule has 0 aromatic heterocycles. The third-order valence-electron chi connectivity index (χ3n) is 4.11. The van der Waals surface area contributed by atoms with Crippen molar-refractivity contribution >= 4 is 5.84 Å². The normalized spacial score (nSPS) is 17.4. The van der Waals surface area contributed by atoms with E-state index >= 15 is 0 Å². The molecule has 0 unspecified atom stereocenters. The van der Waals surface area contributed by atoms with E-state index in [4.69, 9.17) is 10.9 Å². The van der Waals surface area contributed by atoms with E-state index in [1.165, 1.54) is 44.2 Å². The van der Waals surface area contributed by atoms with E-state index < -0.39 is 0 Å². The first-order chi connectivity index (χ1) is 10.1. The van der Waals surface area contributed by atoms with E-state index in [2.05, 4.69) is 17.1 Å². The number of hydrogen-bond donors (Lipinski definition) is 2. The number of halogens is 1. The van der Waals surface area contributed by atoms with Crippen molar-refractivity contribution in [3.8, 4) is 0 Å². The zero-order valence-electron chi connectivity index (χ0n) is 12.6. The second-order valence-corrected chi connectivity index (χ2v) is 6.03. The maximum absolute atomic E-state index is 13.6. The minimum absolute atomic E-state index is 0.0642. The van der Waals surface area contributed by atoms with Gasteiger partial charge in [0.25, 0.3) is 0 Å². The van der Waals surface area contributed by atoms with Gasteiger partial charge in [0.15, 0.2) is 5.84 Å². The van der Waals surface area contributed by atoms with Gasteiger partial charge in [-0.15, -0.1) is 0 Å². The Morgan fingerprint density at radius 2 is 2.05 bits per heavy atom. The molecule has 0 aliphatic heterocycles. The lowest BCUT2D eigenvalue weighted by Gasteiger charge is -2.27. The van der Waals surface area contributed by atoms with Gasteiger partial charge in [0, 0.05) is 18.7 Å². The highest BCUT2D eigenvalue weighted by Crippen LogP contribution is 2.24. The van der Waals surface area contributed by atoms with Gasteiger partial charge < -0.3 is 15.8 Å². The minimum atomic E-state index is -0.361. The molecule has 1 saturated carbocycles. The molecule has 116 valence electrons. The highest BCUT2D eigenvalue weighted by atomic mass is 19.1. The minimum Gasteiger partial charge on any atom is -0.409 e. The molecule has 1 aromatic rings. The Kier molecular flexibility index (Phi) is 5.56. The number of nitrogens with two attached hydrogens (primary N) is 1. The molecular weight excluding hydrogens is 269 g/mol. The second-order valence-electron chi connectivity index (χ2n) is 6.03. The highest BCUT2D eigenvalue weighted by molar-refractivity contribution is 5.97. The Hall–Kier alpha value is -1.62. The van der Waals surface area contributed by atoms with Crippen molar-refractivity contribution in [2.45, 2.75) is 38.6 Å². The average molecular weight is 293 g/mol. The molecule has 0 spiro atoms. The molecule has 5 heteroatoms. The molecule has 0 atom stereocenters. The lowest BCUT2D eigenvalue weighted by Crippen LogP contribution is -2.27. The van der Waals surface area contributed by atoms with Crippen LogP contribution in [0, 0.1) is 11.7 Å². The van der Waals surface area contributed by atoms with E-state index in [1.807, 2.05) is 0 Å². The van der Waals surface area contributed by atoms with Crippen LogP contribution in [0.2, 0.25) is 0 Å². The highest BCUT2D eigenvalue weighted by Gasteiger charge is 2.16. The van der Waals surface area contributed by atoms with Crippen molar-refractivity contribution in [1.29, 1.82) is 0 Å². The summed E-state index contributed by atoms with van der Waals surface area (Å²) in [6.07, 6.45) is 6.59. The van der Waals surface area contributed by atoms with E-state index in [9.17, 15) is 4.39 Å². The van der Waals surface area contributed by atoms with E-state index in [0.717, 1.165) is 18.0 Å². The molecule has 3 N–H and O–H groups in total. The van der Waals surface area contributed by atoms with Gasteiger partial charge in [-0.2, -0.15) is 0 Å². The van der Waals surface area contributed by atoms with Crippen molar-refractivity contribution < 1.29 is 9.60 Å². The van der Waals surface area contributed by atoms with Gasteiger partial charge >= 0.3 is 0 Å². The predicted octanol–water partition coefficient (Wildman–Crippen LogP) is 2.93. The molecule has 0 heterocycles. The molecule has 0 radical (unpaired) electrons. The molecular formula is C16H24FN3O. The Morgan fingerprint density at radius 1 is 1.33 bits per heavy atom. The number of amidine groups is 1. The molecule has 0 saturated heterocycles. The van der Waals surface area contributed by atoms with E-state index in [0.29, 0.717) is 12.1 Å². The smallest absolute Gasteiger partial charge is 0.170 e. The summed E-state index contributed by atoms with van der Waals surface area (Å²) in [7, 11) is 2.06. The summed E-state index contributed by atoms with van der Waals surface area (Å²) in [6.45, 7) is 1.70. The third kappa shape index (κ3) is 4.70. The van der Waals surface area contributed by atoms with Gasteiger partial charge in [-0.1, -0.05) is 24.4 Å². The second kappa shape index (κ2) is 7.41. The molecule has 1 aromatic carbocycles. The van der Waals surface area contributed by atoms with Gasteiger partial charge in [-0.05, 0) is 49.6 Å². The SMILES string of the molecule is CN(Cc1cc(F)cc(/C(N)=N/O)c1)CC1CCCCC1. The first-order valence-electron chi connectivity index (χ1n) is 7.54. The van der Waals surface area contributed by atoms with Crippen molar-refractivity contribution in [1.82, 2.24) is 4.90 Å². The van der Waals surface area contributed by atoms with Crippen LogP contribution in [0.15, 0.2) is 23.4 Å². The standard InChI is InChI=1S/C16H24FN3O/c1-20(10-12-5-3-2-4-6-12)11-13-7-14(16(18)19-21)9-15(17)8-13/h7-9,12,21H,2-6,10-11H2,1H3,(H2,18,19). The lowest BCUT2D eigenvalue weighted by molar-refractivity contribution is 0.228. The molecule has 21 heavy (non-hydrogen) atoms. The van der Waals surface area contributed by atoms with Crippen LogP contribution in [0.4, 0.5) is 4.39 Å². The summed E-state index contributed by atoms with van der Waals surface area (Å²) >= 11 is 0. The molecule has 1 aliphatic carbocycles. The van der Waals surface area contributed by atoms with Gasteiger partial charge in [0.1, 0.15) is 5.82 Å². The molecule has 0 amide bonds. The molecule has 0 bridgehead atoms. The van der Waals surface area contributed by atoms with Crippen LogP contribution in [0.25, 0.3) is 0 Å². The Labute approximate surface area is 125 Å². The van der Waals surface area contributed by atoms with Gasteiger partial charge in [0.2, 0.25) is 0 Å². The molecule has 4 nitrogen and oxygen atoms in total. The van der Waals surface area contributed by atoms with Crippen LogP contribution in [-0.4, -0.2) is 29.5 Å². The first-order valence-corrected chi connectivity index (χ1v) is 7.54. The summed E-state index contributed by atoms with van der Waals surface area (Å²) in [4.78, 5) is 2.22. The van der Waals surface area contributed by atoms with Crippen LogP contribution < -0.4 is 5.73 Å². The van der Waals surface area contributed by atoms with Crippen molar-refractivity contribution in [3.63, 3.8) is 0 Å².